The van der Waals surface area contributed by atoms with Gasteiger partial charge in [0, 0.05) is 12.6 Å². The fourth-order valence-electron chi connectivity index (χ4n) is 6.96. The predicted octanol–water partition coefficient (Wildman–Crippen LogP) is 5.74. The maximum absolute atomic E-state index is 14.8. The number of fused-ring (bicyclic) bond motifs is 5. The highest BCUT2D eigenvalue weighted by atomic mass is 19.1. The Kier molecular flexibility index (Phi) is 4.48. The Morgan fingerprint density at radius 1 is 1.20 bits per heavy atom. The van der Waals surface area contributed by atoms with E-state index in [2.05, 4.69) is 16.8 Å². The third kappa shape index (κ3) is 2.66. The first kappa shape index (κ1) is 19.6. The number of nitrogens with zero attached hydrogens (tertiary/aromatic N) is 2. The van der Waals surface area contributed by atoms with Crippen LogP contribution in [0.25, 0.3) is 4.85 Å². The number of hydrogen-bond acceptors (Lipinski definition) is 2. The van der Waals surface area contributed by atoms with Crippen LogP contribution in [0.1, 0.15) is 61.6 Å². The van der Waals surface area contributed by atoms with Gasteiger partial charge in [0.1, 0.15) is 11.6 Å². The van der Waals surface area contributed by atoms with Crippen molar-refractivity contribution in [1.82, 2.24) is 4.98 Å². The van der Waals surface area contributed by atoms with E-state index in [4.69, 9.17) is 6.57 Å². The summed E-state index contributed by atoms with van der Waals surface area (Å²) in [4.78, 5) is 7.15. The molecule has 1 aromatic carbocycles. The Hall–Kier alpha value is -2.32. The van der Waals surface area contributed by atoms with Crippen LogP contribution in [0.4, 0.5) is 14.5 Å². The Morgan fingerprint density at radius 2 is 2.03 bits per heavy atom. The van der Waals surface area contributed by atoms with Gasteiger partial charge >= 0.3 is 0 Å². The van der Waals surface area contributed by atoms with Crippen molar-refractivity contribution in [1.29, 1.82) is 0 Å². The maximum atomic E-state index is 14.8. The Bertz CT molecular complexity index is 1050. The molecule has 3 nitrogen and oxygen atoms in total. The Balaban J connectivity index is 1.47. The van der Waals surface area contributed by atoms with E-state index in [1.807, 2.05) is 6.07 Å². The summed E-state index contributed by atoms with van der Waals surface area (Å²) in [5.74, 6) is 0.310. The van der Waals surface area contributed by atoms with Crippen LogP contribution in [-0.2, 0) is 12.8 Å². The van der Waals surface area contributed by atoms with Gasteiger partial charge in [-0.15, -0.1) is 0 Å². The predicted molar refractivity (Wildman–Crippen MR) is 110 cm³/mol. The molecule has 30 heavy (non-hydrogen) atoms. The van der Waals surface area contributed by atoms with Gasteiger partial charge in [-0.1, -0.05) is 19.1 Å². The van der Waals surface area contributed by atoms with E-state index >= 15 is 0 Å². The molecule has 2 saturated carbocycles. The average molecular weight is 408 g/mol. The number of aliphatic hydroxyl groups is 1. The number of rotatable bonds is 2. The molecule has 5 heteroatoms. The lowest BCUT2D eigenvalue weighted by molar-refractivity contribution is -0.102. The quantitative estimate of drug-likeness (QED) is 0.644. The van der Waals surface area contributed by atoms with Crippen molar-refractivity contribution in [3.05, 3.63) is 70.3 Å². The second-order valence-electron chi connectivity index (χ2n) is 9.66. The summed E-state index contributed by atoms with van der Waals surface area (Å²) in [5.41, 5.74) is 1.21. The van der Waals surface area contributed by atoms with Crippen molar-refractivity contribution in [3.63, 3.8) is 0 Å². The molecule has 3 unspecified atom stereocenters. The third-order valence-corrected chi connectivity index (χ3v) is 8.60. The van der Waals surface area contributed by atoms with Crippen LogP contribution in [0.5, 0.6) is 0 Å². The molecule has 0 bridgehead atoms. The lowest BCUT2D eigenvalue weighted by Gasteiger charge is -2.53. The van der Waals surface area contributed by atoms with Crippen LogP contribution >= 0.6 is 0 Å². The molecule has 1 N–H and O–H groups in total. The summed E-state index contributed by atoms with van der Waals surface area (Å²) in [6, 6.07) is 5.25. The van der Waals surface area contributed by atoms with Crippen molar-refractivity contribution in [2.75, 3.05) is 0 Å². The van der Waals surface area contributed by atoms with E-state index in [9.17, 15) is 13.9 Å². The minimum absolute atomic E-state index is 0.113. The fraction of sp³-hybridized carbons (Fsp3) is 0.520. The number of aromatic nitrogens is 1. The zero-order chi connectivity index (χ0) is 21.1. The largest absolute Gasteiger partial charge is 0.389 e. The summed E-state index contributed by atoms with van der Waals surface area (Å²) in [5, 5.41) is 11.7. The molecule has 1 aromatic heterocycles. The molecule has 0 spiro atoms. The van der Waals surface area contributed by atoms with Gasteiger partial charge in [-0.25, -0.2) is 13.6 Å². The van der Waals surface area contributed by atoms with Gasteiger partial charge < -0.3 is 5.11 Å². The maximum Gasteiger partial charge on any atom is 0.222 e. The first-order chi connectivity index (χ1) is 14.4. The summed E-state index contributed by atoms with van der Waals surface area (Å²) in [6.07, 6.45) is 7.95. The lowest BCUT2D eigenvalue weighted by Crippen LogP contribution is -2.52. The molecule has 3 aliphatic rings. The Morgan fingerprint density at radius 3 is 2.80 bits per heavy atom. The second-order valence-corrected chi connectivity index (χ2v) is 9.66. The van der Waals surface area contributed by atoms with Crippen LogP contribution in [0.3, 0.4) is 0 Å². The lowest BCUT2D eigenvalue weighted by atomic mass is 9.52. The van der Waals surface area contributed by atoms with E-state index in [0.29, 0.717) is 36.7 Å². The minimum Gasteiger partial charge on any atom is -0.389 e. The number of benzene rings is 1. The van der Waals surface area contributed by atoms with E-state index in [0.717, 1.165) is 36.8 Å². The molecule has 5 rings (SSSR count). The van der Waals surface area contributed by atoms with E-state index in [-0.39, 0.29) is 28.7 Å². The van der Waals surface area contributed by atoms with Crippen LogP contribution in [0.15, 0.2) is 30.6 Å². The van der Waals surface area contributed by atoms with Crippen molar-refractivity contribution in [2.24, 2.45) is 17.3 Å². The van der Waals surface area contributed by atoms with Gasteiger partial charge in [0.25, 0.3) is 0 Å². The first-order valence-corrected chi connectivity index (χ1v) is 10.9. The molecule has 0 amide bonds. The molecule has 1 heterocycles. The zero-order valence-electron chi connectivity index (χ0n) is 17.2. The summed E-state index contributed by atoms with van der Waals surface area (Å²) >= 11 is 0. The number of hydrogen-bond donors (Lipinski definition) is 1. The van der Waals surface area contributed by atoms with Crippen LogP contribution in [0.2, 0.25) is 0 Å². The molecule has 2 aromatic rings. The van der Waals surface area contributed by atoms with Crippen LogP contribution in [-0.4, -0.2) is 15.7 Å². The third-order valence-electron chi connectivity index (χ3n) is 8.60. The molecule has 156 valence electrons. The molecule has 0 radical (unpaired) electrons. The monoisotopic (exact) mass is 408 g/mol. The van der Waals surface area contributed by atoms with Gasteiger partial charge in [-0.3, -0.25) is 4.98 Å². The first-order valence-electron chi connectivity index (χ1n) is 10.9. The normalized spacial score (nSPS) is 34.6. The van der Waals surface area contributed by atoms with Crippen molar-refractivity contribution < 1.29 is 13.9 Å². The molecule has 5 atom stereocenters. The fourth-order valence-corrected chi connectivity index (χ4v) is 6.96. The second kappa shape index (κ2) is 6.85. The highest BCUT2D eigenvalue weighted by Gasteiger charge is 2.61. The van der Waals surface area contributed by atoms with Gasteiger partial charge in [-0.05, 0) is 84.5 Å². The van der Waals surface area contributed by atoms with Gasteiger partial charge in [0.2, 0.25) is 5.69 Å². The summed E-state index contributed by atoms with van der Waals surface area (Å²) in [6.45, 7) is 9.36. The average Bonchev–Trinajstić information content (AvgIpc) is 3.01. The van der Waals surface area contributed by atoms with Gasteiger partial charge in [-0.2, -0.15) is 0 Å². The highest BCUT2D eigenvalue weighted by Crippen LogP contribution is 2.65. The van der Waals surface area contributed by atoms with Gasteiger partial charge in [0.05, 0.1) is 18.4 Å². The molecule has 0 aliphatic heterocycles. The summed E-state index contributed by atoms with van der Waals surface area (Å²) in [7, 11) is 0. The zero-order valence-corrected chi connectivity index (χ0v) is 17.2. The van der Waals surface area contributed by atoms with Crippen molar-refractivity contribution in [3.8, 4) is 0 Å². The van der Waals surface area contributed by atoms with E-state index in [1.165, 1.54) is 6.20 Å². The topological polar surface area (TPSA) is 37.5 Å². The number of halogens is 2. The highest BCUT2D eigenvalue weighted by molar-refractivity contribution is 5.53. The minimum atomic E-state index is -0.940. The van der Waals surface area contributed by atoms with Crippen molar-refractivity contribution >= 4 is 5.69 Å². The SMILES string of the molecule is [C-]#[N+]c1ccc2c(c1F)CCC1C2CC[C@@]2(C)C1CC[C@@]2(O)Cc1ccncc1F. The molecular weight excluding hydrogens is 382 g/mol. The van der Waals surface area contributed by atoms with Gasteiger partial charge in [0.15, 0.2) is 0 Å². The van der Waals surface area contributed by atoms with Crippen LogP contribution < -0.4 is 0 Å². The molecule has 2 fully saturated rings. The van der Waals surface area contributed by atoms with E-state index < -0.39 is 5.60 Å². The van der Waals surface area contributed by atoms with Crippen LogP contribution in [0, 0.1) is 35.5 Å². The van der Waals surface area contributed by atoms with E-state index in [1.54, 1.807) is 18.3 Å². The van der Waals surface area contributed by atoms with Crippen molar-refractivity contribution in [2.45, 2.75) is 63.4 Å². The summed E-state index contributed by atoms with van der Waals surface area (Å²) < 4.78 is 29.0. The number of pyridine rings is 1. The molecule has 3 aliphatic carbocycles. The molecular formula is C25H26F2N2O. The smallest absolute Gasteiger partial charge is 0.222 e. The Labute approximate surface area is 176 Å². The standard InChI is InChI=1S/C25H26F2N2O/c1-24-10-7-17-16-5-6-22(28-2)23(27)19(16)4-3-18(17)20(24)8-11-25(24,30)13-15-9-12-29-14-21(15)26/h5-6,9,12,14,17-18,20,30H,3-4,7-8,10-11,13H2,1H3/t17?,18?,20?,24-,25+/m0/s1. The molecule has 0 saturated heterocycles.